The molecule has 0 radical (unpaired) electrons. The molecule has 1 aromatic carbocycles. The summed E-state index contributed by atoms with van der Waals surface area (Å²) in [7, 11) is 0. The van der Waals surface area contributed by atoms with Gasteiger partial charge in [-0.25, -0.2) is 4.98 Å². The number of pyridine rings is 1. The van der Waals surface area contributed by atoms with Gasteiger partial charge in [-0.1, -0.05) is 12.5 Å². The number of carboxylic acid groups (broad SMARTS) is 1. The van der Waals surface area contributed by atoms with Crippen LogP contribution in [0.4, 0.5) is 5.82 Å². The Bertz CT molecular complexity index is 657. The van der Waals surface area contributed by atoms with E-state index < -0.39 is 5.97 Å². The van der Waals surface area contributed by atoms with Crippen LogP contribution in [0.2, 0.25) is 0 Å². The molecule has 1 aliphatic rings. The van der Waals surface area contributed by atoms with Crippen molar-refractivity contribution >= 4 is 22.6 Å². The highest BCUT2D eigenvalue weighted by Gasteiger charge is 2.33. The molecule has 1 fully saturated rings. The normalized spacial score (nSPS) is 22.0. The predicted molar refractivity (Wildman–Crippen MR) is 75.8 cm³/mol. The van der Waals surface area contributed by atoms with Crippen molar-refractivity contribution in [2.45, 2.75) is 25.3 Å². The number of fused-ring (bicyclic) bond motifs is 1. The van der Waals surface area contributed by atoms with Gasteiger partial charge in [0.15, 0.2) is 0 Å². The van der Waals surface area contributed by atoms with Crippen LogP contribution in [0.1, 0.15) is 19.3 Å². The highest BCUT2D eigenvalue weighted by atomic mass is 16.4. The molecule has 0 bridgehead atoms. The number of aromatic nitrogens is 1. The van der Waals surface area contributed by atoms with Gasteiger partial charge in [0.05, 0.1) is 5.92 Å². The summed E-state index contributed by atoms with van der Waals surface area (Å²) in [5.41, 5.74) is 0. The number of rotatable bonds is 3. The molecule has 0 amide bonds. The first-order valence-electron chi connectivity index (χ1n) is 6.72. The third-order valence-electron chi connectivity index (χ3n) is 3.90. The third kappa shape index (κ3) is 2.27. The van der Waals surface area contributed by atoms with E-state index in [4.69, 9.17) is 0 Å². The fourth-order valence-corrected chi connectivity index (χ4v) is 2.88. The molecule has 1 heterocycles. The Morgan fingerprint density at radius 1 is 1.30 bits per heavy atom. The van der Waals surface area contributed by atoms with Crippen molar-refractivity contribution < 1.29 is 15.0 Å². The molecule has 104 valence electrons. The summed E-state index contributed by atoms with van der Waals surface area (Å²) in [6.45, 7) is 0. The minimum Gasteiger partial charge on any atom is -0.508 e. The number of hydrogen-bond acceptors (Lipinski definition) is 4. The van der Waals surface area contributed by atoms with Crippen molar-refractivity contribution in [3.63, 3.8) is 0 Å². The van der Waals surface area contributed by atoms with Crippen molar-refractivity contribution in [3.8, 4) is 5.75 Å². The van der Waals surface area contributed by atoms with Crippen LogP contribution in [0.25, 0.3) is 10.8 Å². The van der Waals surface area contributed by atoms with E-state index in [-0.39, 0.29) is 17.7 Å². The van der Waals surface area contributed by atoms with E-state index in [0.717, 1.165) is 23.6 Å². The van der Waals surface area contributed by atoms with Crippen molar-refractivity contribution in [1.29, 1.82) is 0 Å². The number of aliphatic carboxylic acids is 1. The van der Waals surface area contributed by atoms with Gasteiger partial charge in [0.2, 0.25) is 0 Å². The number of benzene rings is 1. The molecule has 3 N–H and O–H groups in total. The zero-order valence-corrected chi connectivity index (χ0v) is 10.9. The van der Waals surface area contributed by atoms with Crippen molar-refractivity contribution in [2.24, 2.45) is 5.92 Å². The van der Waals surface area contributed by atoms with E-state index in [2.05, 4.69) is 10.3 Å². The quantitative estimate of drug-likeness (QED) is 0.800. The Hall–Kier alpha value is -2.30. The van der Waals surface area contributed by atoms with Crippen LogP contribution in [0.3, 0.4) is 0 Å². The molecule has 1 aliphatic carbocycles. The first kappa shape index (κ1) is 12.7. The molecule has 5 nitrogen and oxygen atoms in total. The van der Waals surface area contributed by atoms with Gasteiger partial charge < -0.3 is 15.5 Å². The summed E-state index contributed by atoms with van der Waals surface area (Å²) in [4.78, 5) is 15.5. The van der Waals surface area contributed by atoms with Gasteiger partial charge in [-0.05, 0) is 36.4 Å². The average molecular weight is 272 g/mol. The van der Waals surface area contributed by atoms with E-state index in [0.29, 0.717) is 12.2 Å². The molecular weight excluding hydrogens is 256 g/mol. The van der Waals surface area contributed by atoms with Crippen LogP contribution in [-0.4, -0.2) is 27.2 Å². The largest absolute Gasteiger partial charge is 0.508 e. The topological polar surface area (TPSA) is 82.5 Å². The summed E-state index contributed by atoms with van der Waals surface area (Å²) >= 11 is 0. The van der Waals surface area contributed by atoms with Crippen molar-refractivity contribution in [1.82, 2.24) is 4.98 Å². The fraction of sp³-hybridized carbons (Fsp3) is 0.333. The van der Waals surface area contributed by atoms with E-state index >= 15 is 0 Å². The molecule has 5 heteroatoms. The van der Waals surface area contributed by atoms with Crippen LogP contribution >= 0.6 is 0 Å². The molecule has 2 atom stereocenters. The number of nitrogens with one attached hydrogen (secondary N) is 1. The summed E-state index contributed by atoms with van der Waals surface area (Å²) in [6, 6.07) is 6.86. The number of aromatic hydroxyl groups is 1. The van der Waals surface area contributed by atoms with Crippen LogP contribution in [0, 0.1) is 5.92 Å². The summed E-state index contributed by atoms with van der Waals surface area (Å²) in [5.74, 6) is -0.321. The highest BCUT2D eigenvalue weighted by Crippen LogP contribution is 2.31. The van der Waals surface area contributed by atoms with Gasteiger partial charge in [0, 0.05) is 17.6 Å². The standard InChI is InChI=1S/C15H16N2O3/c18-10-5-4-9-6-7-16-14(12(9)8-10)17-13-3-1-2-11(13)15(19)20/h4-8,11,13,18H,1-3H2,(H,16,17)(H,19,20). The zero-order valence-electron chi connectivity index (χ0n) is 10.9. The summed E-state index contributed by atoms with van der Waals surface area (Å²) < 4.78 is 0. The third-order valence-corrected chi connectivity index (χ3v) is 3.90. The molecular formula is C15H16N2O3. The number of anilines is 1. The molecule has 20 heavy (non-hydrogen) atoms. The number of carbonyl (C=O) groups is 1. The number of nitrogens with zero attached hydrogens (tertiary/aromatic N) is 1. The van der Waals surface area contributed by atoms with E-state index in [1.807, 2.05) is 12.1 Å². The second kappa shape index (κ2) is 5.00. The van der Waals surface area contributed by atoms with E-state index in [1.54, 1.807) is 18.3 Å². The molecule has 0 saturated heterocycles. The molecule has 2 aromatic rings. The summed E-state index contributed by atoms with van der Waals surface area (Å²) in [6.07, 6.45) is 4.12. The molecule has 3 rings (SSSR count). The van der Waals surface area contributed by atoms with Gasteiger partial charge in [0.25, 0.3) is 0 Å². The highest BCUT2D eigenvalue weighted by molar-refractivity contribution is 5.93. The lowest BCUT2D eigenvalue weighted by atomic mass is 10.0. The van der Waals surface area contributed by atoms with Crippen LogP contribution in [0.5, 0.6) is 5.75 Å². The fourth-order valence-electron chi connectivity index (χ4n) is 2.88. The summed E-state index contributed by atoms with van der Waals surface area (Å²) in [5, 5.41) is 23.8. The zero-order chi connectivity index (χ0) is 14.1. The maximum atomic E-state index is 11.2. The Kier molecular flexibility index (Phi) is 3.18. The number of phenols is 1. The lowest BCUT2D eigenvalue weighted by Crippen LogP contribution is -2.30. The van der Waals surface area contributed by atoms with Crippen molar-refractivity contribution in [2.75, 3.05) is 5.32 Å². The second-order valence-corrected chi connectivity index (χ2v) is 5.19. The van der Waals surface area contributed by atoms with Crippen LogP contribution < -0.4 is 5.32 Å². The second-order valence-electron chi connectivity index (χ2n) is 5.19. The van der Waals surface area contributed by atoms with Crippen molar-refractivity contribution in [3.05, 3.63) is 30.5 Å². The van der Waals surface area contributed by atoms with Crippen LogP contribution in [-0.2, 0) is 4.79 Å². The lowest BCUT2D eigenvalue weighted by molar-refractivity contribution is -0.141. The SMILES string of the molecule is O=C(O)C1CCCC1Nc1nccc2ccc(O)cc12. The van der Waals surface area contributed by atoms with E-state index in [9.17, 15) is 15.0 Å². The number of phenolic OH excluding ortho intramolecular Hbond substituents is 1. The Balaban J connectivity index is 1.94. The maximum Gasteiger partial charge on any atom is 0.308 e. The van der Waals surface area contributed by atoms with Gasteiger partial charge in [-0.3, -0.25) is 4.79 Å². The molecule has 1 aromatic heterocycles. The molecule has 2 unspecified atom stereocenters. The Labute approximate surface area is 116 Å². The smallest absolute Gasteiger partial charge is 0.308 e. The molecule has 1 saturated carbocycles. The number of carboxylic acids is 1. The monoisotopic (exact) mass is 272 g/mol. The minimum atomic E-state index is -0.761. The van der Waals surface area contributed by atoms with Crippen LogP contribution in [0.15, 0.2) is 30.5 Å². The number of hydrogen-bond donors (Lipinski definition) is 3. The minimum absolute atomic E-state index is 0.104. The average Bonchev–Trinajstić information content (AvgIpc) is 2.88. The maximum absolute atomic E-state index is 11.2. The predicted octanol–water partition coefficient (Wildman–Crippen LogP) is 2.61. The molecule has 0 spiro atoms. The Morgan fingerprint density at radius 3 is 2.95 bits per heavy atom. The first-order valence-corrected chi connectivity index (χ1v) is 6.72. The van der Waals surface area contributed by atoms with Gasteiger partial charge >= 0.3 is 5.97 Å². The van der Waals surface area contributed by atoms with E-state index in [1.165, 1.54) is 0 Å². The lowest BCUT2D eigenvalue weighted by Gasteiger charge is -2.19. The van der Waals surface area contributed by atoms with Gasteiger partial charge in [-0.2, -0.15) is 0 Å². The first-order chi connectivity index (χ1) is 9.65. The van der Waals surface area contributed by atoms with Gasteiger partial charge in [-0.15, -0.1) is 0 Å². The Morgan fingerprint density at radius 2 is 2.15 bits per heavy atom. The molecule has 0 aliphatic heterocycles. The van der Waals surface area contributed by atoms with Gasteiger partial charge in [0.1, 0.15) is 11.6 Å².